The number of halogens is 4. The maximum Gasteiger partial charge on any atom is 0.417 e. The monoisotopic (exact) mass is 570 g/mol. The molecule has 0 saturated carbocycles. The van der Waals surface area contributed by atoms with Crippen LogP contribution < -0.4 is 4.74 Å². The molecule has 2 aromatic heterocycles. The highest BCUT2D eigenvalue weighted by Gasteiger charge is 2.37. The zero-order valence-corrected chi connectivity index (χ0v) is 22.5. The van der Waals surface area contributed by atoms with Crippen molar-refractivity contribution >= 4 is 17.5 Å². The maximum absolute atomic E-state index is 13.5. The Balaban J connectivity index is 1.33. The molecule has 11 heteroatoms. The number of benzene rings is 2. The van der Waals surface area contributed by atoms with E-state index in [2.05, 4.69) is 15.1 Å². The maximum atomic E-state index is 13.5. The first kappa shape index (κ1) is 27.6. The van der Waals surface area contributed by atoms with Crippen molar-refractivity contribution in [1.29, 1.82) is 0 Å². The smallest absolute Gasteiger partial charge is 0.417 e. The molecule has 0 radical (unpaired) electrons. The first-order valence-corrected chi connectivity index (χ1v) is 13.1. The largest absolute Gasteiger partial charge is 0.474 e. The van der Waals surface area contributed by atoms with Crippen molar-refractivity contribution < 1.29 is 27.2 Å². The molecule has 2 aromatic carbocycles. The number of aromatic nitrogens is 3. The summed E-state index contributed by atoms with van der Waals surface area (Å²) in [5.41, 5.74) is 1.44. The normalized spacial score (nSPS) is 18.4. The van der Waals surface area contributed by atoms with Crippen molar-refractivity contribution in [3.8, 4) is 17.3 Å². The molecular formula is C29H26ClF3N4O3. The molecule has 0 bridgehead atoms. The Labute approximate surface area is 233 Å². The summed E-state index contributed by atoms with van der Waals surface area (Å²) >= 11 is 6.13. The number of hydrogen-bond acceptors (Lipinski definition) is 6. The van der Waals surface area contributed by atoms with Gasteiger partial charge in [0.1, 0.15) is 6.10 Å². The number of aryl methyl sites for hydroxylation is 1. The Kier molecular flexibility index (Phi) is 7.80. The van der Waals surface area contributed by atoms with Crippen LogP contribution in [0.25, 0.3) is 11.4 Å². The van der Waals surface area contributed by atoms with Gasteiger partial charge in [-0.1, -0.05) is 41.0 Å². The van der Waals surface area contributed by atoms with Gasteiger partial charge in [0.15, 0.2) is 0 Å². The molecule has 3 unspecified atom stereocenters. The fourth-order valence-electron chi connectivity index (χ4n) is 5.04. The topological polar surface area (TPSA) is 81.4 Å². The van der Waals surface area contributed by atoms with E-state index in [9.17, 15) is 18.0 Å². The number of carbonyl (C=O) groups excluding carboxylic acids is 1. The lowest BCUT2D eigenvalue weighted by atomic mass is 9.77. The highest BCUT2D eigenvalue weighted by atomic mass is 35.5. The zero-order chi connectivity index (χ0) is 28.4. The van der Waals surface area contributed by atoms with Gasteiger partial charge in [-0.2, -0.15) is 18.2 Å². The van der Waals surface area contributed by atoms with Gasteiger partial charge in [0.05, 0.1) is 5.56 Å². The summed E-state index contributed by atoms with van der Waals surface area (Å²) in [6.45, 7) is 4.52. The van der Waals surface area contributed by atoms with Crippen LogP contribution in [-0.4, -0.2) is 45.1 Å². The van der Waals surface area contributed by atoms with Crippen LogP contribution in [0.3, 0.4) is 0 Å². The van der Waals surface area contributed by atoms with E-state index in [-0.39, 0.29) is 29.7 Å². The quantitative estimate of drug-likeness (QED) is 0.253. The SMILES string of the molecule is Cc1nc(-c2ccc(C(=O)N3CCC(C(C)Oc4ccc(C(F)(F)F)cn4)C(c4ccc(Cl)cc4)C3)cc2)no1. The van der Waals surface area contributed by atoms with Crippen LogP contribution in [-0.2, 0) is 6.18 Å². The Hall–Kier alpha value is -3.92. The number of hydrogen-bond donors (Lipinski definition) is 0. The third-order valence-corrected chi connectivity index (χ3v) is 7.39. The summed E-state index contributed by atoms with van der Waals surface area (Å²) in [6, 6.07) is 16.7. The van der Waals surface area contributed by atoms with Gasteiger partial charge in [0, 0.05) is 60.3 Å². The Bertz CT molecular complexity index is 1460. The van der Waals surface area contributed by atoms with Crippen LogP contribution in [0.4, 0.5) is 13.2 Å². The molecule has 7 nitrogen and oxygen atoms in total. The molecule has 1 amide bonds. The summed E-state index contributed by atoms with van der Waals surface area (Å²) in [5.74, 6) is 0.798. The van der Waals surface area contributed by atoms with Crippen molar-refractivity contribution in [2.24, 2.45) is 5.92 Å². The third-order valence-electron chi connectivity index (χ3n) is 7.14. The van der Waals surface area contributed by atoms with Crippen molar-refractivity contribution in [3.05, 3.63) is 94.5 Å². The summed E-state index contributed by atoms with van der Waals surface area (Å²) in [7, 11) is 0. The first-order chi connectivity index (χ1) is 19.1. The lowest BCUT2D eigenvalue weighted by Gasteiger charge is -2.41. The molecule has 0 aliphatic carbocycles. The number of amides is 1. The van der Waals surface area contributed by atoms with E-state index in [1.165, 1.54) is 6.07 Å². The predicted molar refractivity (Wildman–Crippen MR) is 142 cm³/mol. The van der Waals surface area contributed by atoms with Crippen molar-refractivity contribution in [3.63, 3.8) is 0 Å². The number of nitrogens with zero attached hydrogens (tertiary/aromatic N) is 4. The van der Waals surface area contributed by atoms with Crippen LogP contribution >= 0.6 is 11.6 Å². The second-order valence-electron chi connectivity index (χ2n) is 9.78. The van der Waals surface area contributed by atoms with Gasteiger partial charge in [0.25, 0.3) is 5.91 Å². The fraction of sp³-hybridized carbons (Fsp3) is 0.310. The molecule has 5 rings (SSSR count). The highest BCUT2D eigenvalue weighted by Crippen LogP contribution is 2.37. The molecule has 0 N–H and O–H groups in total. The number of pyridine rings is 1. The van der Waals surface area contributed by atoms with Crippen molar-refractivity contribution in [2.45, 2.75) is 38.5 Å². The average Bonchev–Trinajstić information content (AvgIpc) is 3.39. The molecule has 3 atom stereocenters. The summed E-state index contributed by atoms with van der Waals surface area (Å²) < 4.78 is 49.8. The predicted octanol–water partition coefficient (Wildman–Crippen LogP) is 6.83. The molecule has 1 fully saturated rings. The van der Waals surface area contributed by atoms with Crippen LogP contribution in [0.1, 0.15) is 46.6 Å². The third kappa shape index (κ3) is 6.12. The summed E-state index contributed by atoms with van der Waals surface area (Å²) in [5, 5.41) is 4.51. The number of likely N-dealkylation sites (tertiary alicyclic amines) is 1. The van der Waals surface area contributed by atoms with Crippen molar-refractivity contribution in [1.82, 2.24) is 20.0 Å². The van der Waals surface area contributed by atoms with E-state index >= 15 is 0 Å². The van der Waals surface area contributed by atoms with Gasteiger partial charge < -0.3 is 14.2 Å². The van der Waals surface area contributed by atoms with Gasteiger partial charge in [0.2, 0.25) is 17.6 Å². The van der Waals surface area contributed by atoms with Crippen LogP contribution in [0.5, 0.6) is 5.88 Å². The lowest BCUT2D eigenvalue weighted by Crippen LogP contribution is -2.46. The minimum absolute atomic E-state index is 0.0295. The molecule has 40 heavy (non-hydrogen) atoms. The fourth-order valence-corrected chi connectivity index (χ4v) is 5.16. The Morgan fingerprint density at radius 1 is 1.10 bits per heavy atom. The highest BCUT2D eigenvalue weighted by molar-refractivity contribution is 6.30. The van der Waals surface area contributed by atoms with E-state index in [1.807, 2.05) is 24.0 Å². The number of alkyl halides is 3. The van der Waals surface area contributed by atoms with E-state index < -0.39 is 11.7 Å². The van der Waals surface area contributed by atoms with Crippen molar-refractivity contribution in [2.75, 3.05) is 13.1 Å². The summed E-state index contributed by atoms with van der Waals surface area (Å²) in [6.07, 6.45) is -3.45. The van der Waals surface area contributed by atoms with Gasteiger partial charge in [-0.25, -0.2) is 4.98 Å². The van der Waals surface area contributed by atoms with Gasteiger partial charge in [-0.3, -0.25) is 4.79 Å². The van der Waals surface area contributed by atoms with Gasteiger partial charge in [-0.05, 0) is 49.2 Å². The zero-order valence-electron chi connectivity index (χ0n) is 21.7. The molecule has 1 saturated heterocycles. The molecule has 0 spiro atoms. The molecule has 3 heterocycles. The van der Waals surface area contributed by atoms with E-state index in [4.69, 9.17) is 20.9 Å². The van der Waals surface area contributed by atoms with Crippen LogP contribution in [0, 0.1) is 12.8 Å². The Morgan fingerprint density at radius 3 is 2.42 bits per heavy atom. The average molecular weight is 571 g/mol. The molecular weight excluding hydrogens is 545 g/mol. The number of carbonyl (C=O) groups is 1. The van der Waals surface area contributed by atoms with E-state index in [1.54, 1.807) is 43.3 Å². The number of ether oxygens (including phenoxy) is 1. The second-order valence-corrected chi connectivity index (χ2v) is 10.2. The standard InChI is InChI=1S/C29H26ClF3N4O3/c1-17(39-26-12-9-22(15-34-26)29(31,32)33)24-13-14-37(16-25(24)19-7-10-23(30)11-8-19)28(38)21-5-3-20(4-6-21)27-35-18(2)40-36-27/h3-12,15,17,24-25H,13-14,16H2,1-2H3. The second kappa shape index (κ2) is 11.3. The van der Waals surface area contributed by atoms with E-state index in [0.29, 0.717) is 41.8 Å². The number of rotatable bonds is 6. The lowest BCUT2D eigenvalue weighted by molar-refractivity contribution is -0.137. The first-order valence-electron chi connectivity index (χ1n) is 12.7. The van der Waals surface area contributed by atoms with Gasteiger partial charge >= 0.3 is 6.18 Å². The molecule has 4 aromatic rings. The minimum Gasteiger partial charge on any atom is -0.474 e. The minimum atomic E-state index is -4.47. The molecule has 208 valence electrons. The summed E-state index contributed by atoms with van der Waals surface area (Å²) in [4.78, 5) is 23.4. The van der Waals surface area contributed by atoms with E-state index in [0.717, 1.165) is 23.4 Å². The van der Waals surface area contributed by atoms with Gasteiger partial charge in [-0.15, -0.1) is 0 Å². The van der Waals surface area contributed by atoms with Crippen LogP contribution in [0.15, 0.2) is 71.4 Å². The Morgan fingerprint density at radius 2 is 1.82 bits per heavy atom. The molecule has 1 aliphatic heterocycles. The molecule has 1 aliphatic rings. The number of piperidine rings is 1. The van der Waals surface area contributed by atoms with Crippen LogP contribution in [0.2, 0.25) is 5.02 Å².